The Hall–Kier alpha value is -4.33. The van der Waals surface area contributed by atoms with E-state index in [1.54, 1.807) is 24.2 Å². The minimum absolute atomic E-state index is 0.103. The van der Waals surface area contributed by atoms with Crippen molar-refractivity contribution in [2.75, 3.05) is 17.3 Å². The smallest absolute Gasteiger partial charge is 0.320 e. The third kappa shape index (κ3) is 5.96. The van der Waals surface area contributed by atoms with Gasteiger partial charge in [-0.25, -0.2) is 14.8 Å². The molecule has 1 saturated heterocycles. The van der Waals surface area contributed by atoms with Crippen LogP contribution in [0.4, 0.5) is 16.2 Å². The quantitative estimate of drug-likeness (QED) is 0.419. The normalized spacial score (nSPS) is 19.5. The fourth-order valence-corrected chi connectivity index (χ4v) is 5.77. The van der Waals surface area contributed by atoms with Crippen LogP contribution in [0.2, 0.25) is 0 Å². The van der Waals surface area contributed by atoms with Crippen LogP contribution in [-0.2, 0) is 9.59 Å². The molecule has 4 rings (SSSR count). The first-order chi connectivity index (χ1) is 19.0. The Morgan fingerprint density at radius 3 is 2.02 bits per heavy atom. The molecule has 8 nitrogen and oxygen atoms in total. The molecule has 3 N–H and O–H groups in total. The van der Waals surface area contributed by atoms with Crippen LogP contribution in [0.3, 0.4) is 0 Å². The average molecular weight is 542 g/mol. The average Bonchev–Trinajstić information content (AvgIpc) is 3.06. The van der Waals surface area contributed by atoms with Crippen LogP contribution in [0.5, 0.6) is 0 Å². The molecule has 3 atom stereocenters. The second kappa shape index (κ2) is 11.8. The number of benzene rings is 3. The monoisotopic (exact) mass is 541 g/mol. The molecule has 8 heteroatoms. The van der Waals surface area contributed by atoms with E-state index in [0.717, 1.165) is 16.8 Å². The number of nitrogens with two attached hydrogens (primary N) is 1. The van der Waals surface area contributed by atoms with Crippen LogP contribution in [-0.4, -0.2) is 46.5 Å². The maximum absolute atomic E-state index is 14.8. The van der Waals surface area contributed by atoms with Crippen LogP contribution in [0.25, 0.3) is 0 Å². The van der Waals surface area contributed by atoms with Crippen molar-refractivity contribution in [1.29, 1.82) is 0 Å². The molecule has 3 aromatic rings. The van der Waals surface area contributed by atoms with Crippen LogP contribution in [0, 0.1) is 0 Å². The second-order valence-corrected chi connectivity index (χ2v) is 11.2. The molecular formula is C32H39N5O3. The first kappa shape index (κ1) is 28.7. The van der Waals surface area contributed by atoms with Crippen LogP contribution >= 0.6 is 0 Å². The summed E-state index contributed by atoms with van der Waals surface area (Å²) in [5.74, 6) is -0.721. The number of urea groups is 1. The van der Waals surface area contributed by atoms with E-state index in [9.17, 15) is 14.4 Å². The lowest BCUT2D eigenvalue weighted by molar-refractivity contribution is -0.181. The van der Waals surface area contributed by atoms with Gasteiger partial charge < -0.3 is 11.1 Å². The number of amides is 4. The highest BCUT2D eigenvalue weighted by Crippen LogP contribution is 2.43. The molecule has 40 heavy (non-hydrogen) atoms. The molecule has 1 aliphatic heterocycles. The summed E-state index contributed by atoms with van der Waals surface area (Å²) in [6.45, 7) is 7.18. The van der Waals surface area contributed by atoms with Crippen LogP contribution in [0.15, 0.2) is 84.9 Å². The largest absolute Gasteiger partial charge is 0.388 e. The Bertz CT molecular complexity index is 1340. The van der Waals surface area contributed by atoms with Crippen molar-refractivity contribution in [1.82, 2.24) is 10.0 Å². The highest BCUT2D eigenvalue weighted by atomic mass is 16.2. The van der Waals surface area contributed by atoms with E-state index in [4.69, 9.17) is 5.73 Å². The van der Waals surface area contributed by atoms with E-state index in [1.165, 1.54) is 16.8 Å². The van der Waals surface area contributed by atoms with Crippen molar-refractivity contribution in [3.8, 4) is 0 Å². The summed E-state index contributed by atoms with van der Waals surface area (Å²) in [7, 11) is 1.79. The molecule has 0 radical (unpaired) electrons. The van der Waals surface area contributed by atoms with Gasteiger partial charge in [0, 0.05) is 25.3 Å². The Kier molecular flexibility index (Phi) is 8.47. The fraction of sp³-hybridized carbons (Fsp3) is 0.344. The Morgan fingerprint density at radius 2 is 1.50 bits per heavy atom. The molecule has 0 aromatic heterocycles. The van der Waals surface area contributed by atoms with Gasteiger partial charge in [0.2, 0.25) is 5.91 Å². The number of hydrazine groups is 1. The zero-order chi connectivity index (χ0) is 29.0. The van der Waals surface area contributed by atoms with Gasteiger partial charge in [-0.3, -0.25) is 14.5 Å². The maximum atomic E-state index is 14.8. The summed E-state index contributed by atoms with van der Waals surface area (Å²) in [5.41, 5.74) is 8.56. The zero-order valence-electron chi connectivity index (χ0n) is 23.9. The summed E-state index contributed by atoms with van der Waals surface area (Å²) >= 11 is 0. The van der Waals surface area contributed by atoms with Crippen molar-refractivity contribution in [2.45, 2.75) is 64.1 Å². The van der Waals surface area contributed by atoms with Crippen molar-refractivity contribution in [3.05, 3.63) is 96.1 Å². The topological polar surface area (TPSA) is 99.0 Å². The molecule has 0 spiro atoms. The minimum Gasteiger partial charge on any atom is -0.388 e. The van der Waals surface area contributed by atoms with Gasteiger partial charge in [-0.05, 0) is 68.9 Å². The van der Waals surface area contributed by atoms with Gasteiger partial charge in [-0.1, -0.05) is 66.7 Å². The number of nitrogens with one attached hydrogen (secondary N) is 1. The molecule has 0 bridgehead atoms. The Labute approximate surface area is 236 Å². The van der Waals surface area contributed by atoms with Crippen molar-refractivity contribution >= 4 is 29.2 Å². The molecule has 1 fully saturated rings. The first-order valence-electron chi connectivity index (χ1n) is 13.6. The summed E-state index contributed by atoms with van der Waals surface area (Å²) in [5, 5.41) is 6.21. The van der Waals surface area contributed by atoms with Crippen molar-refractivity contribution < 1.29 is 14.4 Å². The van der Waals surface area contributed by atoms with E-state index in [0.29, 0.717) is 18.5 Å². The third-order valence-corrected chi connectivity index (χ3v) is 7.39. The van der Waals surface area contributed by atoms with Crippen molar-refractivity contribution in [3.63, 3.8) is 0 Å². The molecule has 210 valence electrons. The van der Waals surface area contributed by atoms with Crippen molar-refractivity contribution in [2.24, 2.45) is 5.73 Å². The molecule has 0 saturated carbocycles. The SMILES string of the molecule is CNc1cccc(N(C(N)=O)C2CC(c3ccccc3)CC(c3ccccc3)N(N(C(C)=O)C(C)(C)C)C2=O)c1. The number of anilines is 2. The van der Waals surface area contributed by atoms with E-state index in [2.05, 4.69) is 5.32 Å². The molecule has 0 aliphatic carbocycles. The summed E-state index contributed by atoms with van der Waals surface area (Å²) in [4.78, 5) is 42.6. The number of carbonyl (C=O) groups is 3. The number of rotatable bonds is 6. The number of hydrogen-bond donors (Lipinski definition) is 2. The number of nitrogens with zero attached hydrogens (tertiary/aromatic N) is 3. The standard InChI is InChI=1S/C32H39N5O3/c1-22(38)37(32(2,3)4)36-28(24-15-10-7-11-16-24)19-25(23-13-8-6-9-14-23)20-29(30(36)39)35(31(33)40)27-18-12-17-26(21-27)34-5/h6-18,21,25,28-29,34H,19-20H2,1-5H3,(H2,33,40). The molecule has 1 heterocycles. The Balaban J connectivity index is 1.96. The molecule has 1 aliphatic rings. The summed E-state index contributed by atoms with van der Waals surface area (Å²) in [6, 6.07) is 24.9. The molecule has 4 amide bonds. The highest BCUT2D eigenvalue weighted by molar-refractivity contribution is 6.00. The van der Waals surface area contributed by atoms with Gasteiger partial charge in [0.05, 0.1) is 11.6 Å². The van der Waals surface area contributed by atoms with Gasteiger partial charge in [-0.2, -0.15) is 0 Å². The van der Waals surface area contributed by atoms with Crippen LogP contribution < -0.4 is 16.0 Å². The number of hydrogen-bond acceptors (Lipinski definition) is 4. The van der Waals surface area contributed by atoms with Gasteiger partial charge in [0.15, 0.2) is 0 Å². The number of carbonyl (C=O) groups excluding carboxylic acids is 3. The minimum atomic E-state index is -0.951. The number of primary amides is 1. The predicted molar refractivity (Wildman–Crippen MR) is 159 cm³/mol. The summed E-state index contributed by atoms with van der Waals surface area (Å²) < 4.78 is 0. The first-order valence-corrected chi connectivity index (χ1v) is 13.6. The lowest BCUT2D eigenvalue weighted by Gasteiger charge is -2.47. The predicted octanol–water partition coefficient (Wildman–Crippen LogP) is 5.69. The third-order valence-electron chi connectivity index (χ3n) is 7.39. The van der Waals surface area contributed by atoms with Crippen LogP contribution in [0.1, 0.15) is 63.6 Å². The van der Waals surface area contributed by atoms with Gasteiger partial charge >= 0.3 is 6.03 Å². The zero-order valence-corrected chi connectivity index (χ0v) is 23.9. The lowest BCUT2D eigenvalue weighted by atomic mass is 9.86. The second-order valence-electron chi connectivity index (χ2n) is 11.2. The molecular weight excluding hydrogens is 502 g/mol. The fourth-order valence-electron chi connectivity index (χ4n) is 5.77. The van der Waals surface area contributed by atoms with Gasteiger partial charge in [0.1, 0.15) is 6.04 Å². The van der Waals surface area contributed by atoms with E-state index >= 15 is 0 Å². The van der Waals surface area contributed by atoms with E-state index < -0.39 is 23.7 Å². The lowest BCUT2D eigenvalue weighted by Crippen LogP contribution is -2.62. The van der Waals surface area contributed by atoms with E-state index in [1.807, 2.05) is 93.6 Å². The molecule has 3 unspecified atom stereocenters. The summed E-state index contributed by atoms with van der Waals surface area (Å²) in [6.07, 6.45) is 0.893. The van der Waals surface area contributed by atoms with Gasteiger partial charge in [0.25, 0.3) is 5.91 Å². The highest BCUT2D eigenvalue weighted by Gasteiger charge is 2.47. The Morgan fingerprint density at radius 1 is 0.900 bits per heavy atom. The maximum Gasteiger partial charge on any atom is 0.320 e. The van der Waals surface area contributed by atoms with Gasteiger partial charge in [-0.15, -0.1) is 0 Å². The molecule has 3 aromatic carbocycles. The van der Waals surface area contributed by atoms with E-state index in [-0.39, 0.29) is 17.7 Å².